The predicted molar refractivity (Wildman–Crippen MR) is 501 cm³/mol. The molecule has 3 aromatic heterocycles. The summed E-state index contributed by atoms with van der Waals surface area (Å²) in [5.74, 6) is 0. The smallest absolute Gasteiger partial charge is 0.261 e. The lowest BCUT2D eigenvalue weighted by Gasteiger charge is -2.26. The second-order valence-corrected chi connectivity index (χ2v) is 34.1. The largest absolute Gasteiger partial charge is 0.311 e. The molecule has 16 heteroatoms. The highest BCUT2D eigenvalue weighted by Crippen LogP contribution is 2.40. The molecular formula is C105H108N4O12. The van der Waals surface area contributed by atoms with Gasteiger partial charge < -0.3 is 4.90 Å². The zero-order chi connectivity index (χ0) is 84.9. The highest BCUT2D eigenvalue weighted by Gasteiger charge is 2.29. The van der Waals surface area contributed by atoms with Crippen LogP contribution in [0.3, 0.4) is 0 Å². The topological polar surface area (TPSA) is 223 Å². The Kier molecular flexibility index (Phi) is 25.8. The molecule has 0 fully saturated rings. The van der Waals surface area contributed by atoms with Crippen LogP contribution in [0.15, 0.2) is 221 Å². The highest BCUT2D eigenvalue weighted by atomic mass is 16.2. The van der Waals surface area contributed by atoms with Gasteiger partial charge in [-0.2, -0.15) is 0 Å². The predicted octanol–water partition coefficient (Wildman–Crippen LogP) is 22.3. The Morgan fingerprint density at radius 1 is 0.190 bits per heavy atom. The standard InChI is InChI=1S/C105H108N4O12/c1-7-13-19-25-31-70(32-26-20-14-8-2)107-100(116)88-58-82-85(61-91(88)103(107)119)97(113)79-55-67(43-52-76(79)94(82)110)64-37-46-73(47-38-64)106(74-48-39-65(40-49-74)68-44-53-77-80(56-68)98(114)86-62-92-89(59-83(86)95(77)111)101(117)108(104(92)120)71(33-27-21-15-9-3)34-28-22-16-10-4)75-50-41-66(42-51-75)69-45-54-78-81(57-69)99(115)87-63-93-90(60-84(87)96(78)112)102(118)109(105(93)121)72(35-29-23-17-11-5)36-30-24-18-12-6/h37-63,70-72H,7-36H2,1-6H3. The Labute approximate surface area is 701 Å². The Bertz CT molecular complexity index is 6420. The van der Waals surface area contributed by atoms with Gasteiger partial charge in [-0.3, -0.25) is 71.2 Å². The van der Waals surface area contributed by atoms with Crippen molar-refractivity contribution in [1.82, 2.24) is 13.7 Å². The van der Waals surface area contributed by atoms with Gasteiger partial charge >= 0.3 is 0 Å². The zero-order valence-corrected chi connectivity index (χ0v) is 70.7. The zero-order valence-electron chi connectivity index (χ0n) is 70.7. The van der Waals surface area contributed by atoms with Crippen molar-refractivity contribution in [2.24, 2.45) is 0 Å². The first-order chi connectivity index (χ1) is 58.8. The molecule has 0 bridgehead atoms. The third-order valence-corrected chi connectivity index (χ3v) is 26.0. The molecule has 0 aliphatic rings. The van der Waals surface area contributed by atoms with Crippen molar-refractivity contribution in [1.29, 1.82) is 0 Å². The van der Waals surface area contributed by atoms with Gasteiger partial charge in [-0.15, -0.1) is 0 Å². The number of rotatable bonds is 39. The van der Waals surface area contributed by atoms with Crippen molar-refractivity contribution in [2.75, 3.05) is 4.90 Å². The summed E-state index contributed by atoms with van der Waals surface area (Å²) in [5, 5.41) is 2.53. The van der Waals surface area contributed by atoms with Gasteiger partial charge in [0.15, 0.2) is 32.6 Å². The molecular weight excluding hydrogens is 1510 g/mol. The summed E-state index contributed by atoms with van der Waals surface area (Å²) in [6.45, 7) is 12.9. The second kappa shape index (κ2) is 37.1. The van der Waals surface area contributed by atoms with E-state index in [2.05, 4.69) is 41.5 Å². The van der Waals surface area contributed by atoms with Crippen molar-refractivity contribution in [3.8, 4) is 33.4 Å². The van der Waals surface area contributed by atoms with E-state index in [0.717, 1.165) is 188 Å². The number of benzene rings is 12. The molecule has 0 aliphatic heterocycles. The van der Waals surface area contributed by atoms with Gasteiger partial charge in [-0.05, 0) is 181 Å². The van der Waals surface area contributed by atoms with Gasteiger partial charge in [-0.25, -0.2) is 0 Å². The van der Waals surface area contributed by atoms with Gasteiger partial charge in [0.2, 0.25) is 0 Å². The molecule has 0 N–H and O–H groups in total. The first-order valence-electron chi connectivity index (χ1n) is 44.8. The van der Waals surface area contributed by atoms with E-state index in [1.165, 1.54) is 50.1 Å². The van der Waals surface area contributed by atoms with E-state index >= 15 is 0 Å². The summed E-state index contributed by atoms with van der Waals surface area (Å²) in [7, 11) is 0. The molecule has 15 rings (SSSR count). The molecule has 12 aromatic carbocycles. The molecule has 16 nitrogen and oxygen atoms in total. The summed E-state index contributed by atoms with van der Waals surface area (Å²) in [6.07, 6.45) is 28.1. The number of aromatic nitrogens is 3. The summed E-state index contributed by atoms with van der Waals surface area (Å²) in [6, 6.07) is 46.5. The van der Waals surface area contributed by atoms with Gasteiger partial charge in [0.25, 0.3) is 33.4 Å². The van der Waals surface area contributed by atoms with Crippen molar-refractivity contribution in [3.63, 3.8) is 0 Å². The van der Waals surface area contributed by atoms with Crippen LogP contribution in [0.25, 0.3) is 130 Å². The van der Waals surface area contributed by atoms with Gasteiger partial charge in [0.1, 0.15) is 0 Å². The third kappa shape index (κ3) is 16.4. The van der Waals surface area contributed by atoms with Gasteiger partial charge in [0.05, 0.1) is 32.3 Å². The lowest BCUT2D eigenvalue weighted by molar-refractivity contribution is 0.386. The maximum absolute atomic E-state index is 14.8. The van der Waals surface area contributed by atoms with Crippen molar-refractivity contribution < 1.29 is 0 Å². The number of unbranched alkanes of at least 4 members (excludes halogenated alkanes) is 18. The van der Waals surface area contributed by atoms with Crippen LogP contribution in [-0.4, -0.2) is 13.7 Å². The number of hydrogen-bond acceptors (Lipinski definition) is 13. The molecule has 0 saturated carbocycles. The van der Waals surface area contributed by atoms with Crippen LogP contribution in [0.4, 0.5) is 17.1 Å². The van der Waals surface area contributed by atoms with Crippen LogP contribution in [0.2, 0.25) is 0 Å². The van der Waals surface area contributed by atoms with Gasteiger partial charge in [-0.1, -0.05) is 250 Å². The molecule has 620 valence electrons. The molecule has 0 aliphatic carbocycles. The average molecular weight is 1620 g/mol. The van der Waals surface area contributed by atoms with E-state index < -0.39 is 65.9 Å². The first-order valence-corrected chi connectivity index (χ1v) is 44.8. The Morgan fingerprint density at radius 2 is 0.364 bits per heavy atom. The van der Waals surface area contributed by atoms with E-state index in [-0.39, 0.29) is 115 Å². The molecule has 15 aromatic rings. The average Bonchev–Trinajstić information content (AvgIpc) is 1.66. The molecule has 0 spiro atoms. The number of fused-ring (bicyclic) bond motifs is 9. The molecule has 0 radical (unpaired) electrons. The first kappa shape index (κ1) is 84.2. The maximum atomic E-state index is 14.8. The summed E-state index contributed by atoms with van der Waals surface area (Å²) in [5.41, 5.74) is 1.22. The molecule has 0 amide bonds. The minimum atomic E-state index is -0.433. The SMILES string of the molecule is CCCCCCC(CCCCCC)n1c(=O)c2cc3c(=O)c4ccc(-c5ccc(N(c6ccc(-c7ccc8c(=O)c9cc%10c(=O)n(C(CCCCCC)CCCCCC)c(=O)c%10cc9c(=O)c8c7)cc6)c6ccc(-c7ccc8c(=O)c9cc%10c(=O)n(C(CCCCCC)CCCCCC)c(=O)c%10cc9c(=O)c8c7)cc6)cc5)cc4c(=O)c3cc2c1=O. The summed E-state index contributed by atoms with van der Waals surface area (Å²) < 4.78 is 4.17. The quantitative estimate of drug-likeness (QED) is 0.0259. The maximum Gasteiger partial charge on any atom is 0.261 e. The van der Waals surface area contributed by atoms with Crippen LogP contribution in [0.1, 0.15) is 252 Å². The van der Waals surface area contributed by atoms with Crippen LogP contribution >= 0.6 is 0 Å². The summed E-state index contributed by atoms with van der Waals surface area (Å²) >= 11 is 0. The van der Waals surface area contributed by atoms with Crippen LogP contribution < -0.4 is 70.8 Å². The van der Waals surface area contributed by atoms with Gasteiger partial charge in [0, 0.05) is 99.8 Å². The van der Waals surface area contributed by atoms with E-state index in [1.54, 1.807) is 54.6 Å². The van der Waals surface area contributed by atoms with Crippen LogP contribution in [0.5, 0.6) is 0 Å². The van der Waals surface area contributed by atoms with Crippen LogP contribution in [-0.2, 0) is 0 Å². The Morgan fingerprint density at radius 3 is 0.554 bits per heavy atom. The fraction of sp³-hybridized carbons (Fsp3) is 0.371. The molecule has 0 unspecified atom stereocenters. The summed E-state index contributed by atoms with van der Waals surface area (Å²) in [4.78, 5) is 177. The fourth-order valence-electron chi connectivity index (χ4n) is 19.1. The van der Waals surface area contributed by atoms with E-state index in [0.29, 0.717) is 55.2 Å². The monoisotopic (exact) mass is 1620 g/mol. The molecule has 3 heterocycles. The number of hydrogen-bond donors (Lipinski definition) is 0. The molecule has 121 heavy (non-hydrogen) atoms. The minimum Gasteiger partial charge on any atom is -0.311 e. The molecule has 0 saturated heterocycles. The van der Waals surface area contributed by atoms with Crippen molar-refractivity contribution >= 4 is 114 Å². The van der Waals surface area contributed by atoms with Crippen LogP contribution in [0, 0.1) is 0 Å². The van der Waals surface area contributed by atoms with E-state index in [4.69, 9.17) is 0 Å². The van der Waals surface area contributed by atoms with Crippen molar-refractivity contribution in [2.45, 2.75) is 252 Å². The number of anilines is 3. The highest BCUT2D eigenvalue weighted by molar-refractivity contribution is 6.08. The Balaban J connectivity index is 0.785. The Hall–Kier alpha value is -11.8. The third-order valence-electron chi connectivity index (χ3n) is 26.0. The molecule has 0 atom stereocenters. The minimum absolute atomic E-state index is 0.0819. The van der Waals surface area contributed by atoms with E-state index in [1.807, 2.05) is 77.7 Å². The number of nitrogens with zero attached hydrogens (tertiary/aromatic N) is 4. The normalized spacial score (nSPS) is 12.2. The lowest BCUT2D eigenvalue weighted by atomic mass is 9.96. The van der Waals surface area contributed by atoms with Crippen molar-refractivity contribution in [3.05, 3.63) is 287 Å². The van der Waals surface area contributed by atoms with E-state index in [9.17, 15) is 57.5 Å². The fourth-order valence-corrected chi connectivity index (χ4v) is 19.1. The lowest BCUT2D eigenvalue weighted by Crippen LogP contribution is -2.30. The second-order valence-electron chi connectivity index (χ2n) is 34.1.